The fraction of sp³-hybridized carbons (Fsp3) is 0.667. The van der Waals surface area contributed by atoms with Gasteiger partial charge in [-0.3, -0.25) is 0 Å². The van der Waals surface area contributed by atoms with Crippen molar-refractivity contribution in [2.24, 2.45) is 0 Å². The van der Waals surface area contributed by atoms with Crippen molar-refractivity contribution >= 4 is 5.97 Å². The Morgan fingerprint density at radius 2 is 2.21 bits per heavy atom. The Balaban J connectivity index is 3.11. The van der Waals surface area contributed by atoms with Gasteiger partial charge in [0.05, 0.1) is 0 Å². The number of aromatic nitrogens is 4. The first-order chi connectivity index (χ1) is 6.34. The largest absolute Gasteiger partial charge is 0.480 e. The second-order valence-corrected chi connectivity index (χ2v) is 2.85. The van der Waals surface area contributed by atoms with Crippen molar-refractivity contribution in [3.8, 4) is 0 Å². The molecule has 0 bridgehead atoms. The number of carbonyl (C=O) groups is 1. The molecule has 1 atom stereocenters. The molecule has 0 aliphatic rings. The minimum Gasteiger partial charge on any atom is -0.480 e. The van der Waals surface area contributed by atoms with Crippen LogP contribution in [0, 0.1) is 0 Å². The maximum atomic E-state index is 12.8. The first kappa shape index (κ1) is 10.5. The Morgan fingerprint density at radius 3 is 2.64 bits per heavy atom. The van der Waals surface area contributed by atoms with Crippen LogP contribution < -0.4 is 0 Å². The molecule has 1 heterocycles. The van der Waals surface area contributed by atoms with Crippen LogP contribution in [0.2, 0.25) is 0 Å². The quantitative estimate of drug-likeness (QED) is 0.775. The Bertz CT molecular complexity index is 346. The van der Waals surface area contributed by atoms with Crippen LogP contribution in [0.4, 0.5) is 8.78 Å². The van der Waals surface area contributed by atoms with Gasteiger partial charge in [-0.25, -0.2) is 9.48 Å². The van der Waals surface area contributed by atoms with Gasteiger partial charge in [0, 0.05) is 6.92 Å². The van der Waals surface area contributed by atoms with Gasteiger partial charge in [0.25, 0.3) is 0 Å². The van der Waals surface area contributed by atoms with Crippen molar-refractivity contribution < 1.29 is 18.7 Å². The molecule has 1 unspecified atom stereocenters. The topological polar surface area (TPSA) is 80.9 Å². The Hall–Kier alpha value is -1.60. The summed E-state index contributed by atoms with van der Waals surface area (Å²) in [4.78, 5) is 10.5. The molecule has 1 rings (SSSR count). The van der Waals surface area contributed by atoms with Crippen LogP contribution in [0.15, 0.2) is 0 Å². The van der Waals surface area contributed by atoms with Crippen molar-refractivity contribution in [1.29, 1.82) is 0 Å². The number of nitrogens with zero attached hydrogens (tertiary/aromatic N) is 4. The lowest BCUT2D eigenvalue weighted by atomic mass is 10.3. The van der Waals surface area contributed by atoms with Crippen molar-refractivity contribution in [1.82, 2.24) is 20.2 Å². The Kier molecular flexibility index (Phi) is 2.45. The number of halogens is 2. The first-order valence-electron chi connectivity index (χ1n) is 3.73. The Morgan fingerprint density at radius 1 is 1.64 bits per heavy atom. The lowest BCUT2D eigenvalue weighted by molar-refractivity contribution is -0.141. The summed E-state index contributed by atoms with van der Waals surface area (Å²) in [5.41, 5.74) is 0. The zero-order chi connectivity index (χ0) is 10.9. The van der Waals surface area contributed by atoms with Crippen LogP contribution in [0.1, 0.15) is 25.7 Å². The Labute approximate surface area is 77.5 Å². The zero-order valence-electron chi connectivity index (χ0n) is 7.48. The van der Waals surface area contributed by atoms with Crippen LogP contribution in [0.25, 0.3) is 0 Å². The molecule has 0 aromatic carbocycles. The maximum Gasteiger partial charge on any atom is 0.328 e. The molecule has 8 heteroatoms. The van der Waals surface area contributed by atoms with Crippen LogP contribution in [0.3, 0.4) is 0 Å². The molecular weight excluding hydrogens is 198 g/mol. The van der Waals surface area contributed by atoms with E-state index in [0.29, 0.717) is 11.6 Å². The van der Waals surface area contributed by atoms with E-state index in [1.54, 1.807) is 0 Å². The lowest BCUT2D eigenvalue weighted by Crippen LogP contribution is -2.24. The number of carboxylic acid groups (broad SMARTS) is 1. The van der Waals surface area contributed by atoms with Crippen LogP contribution in [-0.2, 0) is 10.7 Å². The predicted molar refractivity (Wildman–Crippen MR) is 39.7 cm³/mol. The van der Waals surface area contributed by atoms with E-state index in [1.807, 2.05) is 0 Å². The fourth-order valence-corrected chi connectivity index (χ4v) is 0.848. The van der Waals surface area contributed by atoms with Crippen molar-refractivity contribution in [3.63, 3.8) is 0 Å². The van der Waals surface area contributed by atoms with E-state index in [4.69, 9.17) is 5.11 Å². The molecule has 0 aliphatic heterocycles. The first-order valence-corrected chi connectivity index (χ1v) is 3.73. The molecule has 0 saturated carbocycles. The molecule has 1 N–H and O–H groups in total. The molecule has 0 fully saturated rings. The van der Waals surface area contributed by atoms with Crippen molar-refractivity contribution in [2.75, 3.05) is 0 Å². The monoisotopic (exact) mass is 206 g/mol. The van der Waals surface area contributed by atoms with Gasteiger partial charge in [-0.2, -0.15) is 8.78 Å². The van der Waals surface area contributed by atoms with Crippen molar-refractivity contribution in [2.45, 2.75) is 25.8 Å². The lowest BCUT2D eigenvalue weighted by Gasteiger charge is -2.12. The van der Waals surface area contributed by atoms with Gasteiger partial charge in [-0.15, -0.1) is 5.10 Å². The van der Waals surface area contributed by atoms with E-state index < -0.39 is 23.8 Å². The molecule has 0 aliphatic carbocycles. The van der Waals surface area contributed by atoms with Gasteiger partial charge in [0.15, 0.2) is 6.04 Å². The number of hydrogen-bond acceptors (Lipinski definition) is 4. The second kappa shape index (κ2) is 3.28. The third-order valence-corrected chi connectivity index (χ3v) is 1.61. The maximum absolute atomic E-state index is 12.8. The molecule has 0 radical (unpaired) electrons. The summed E-state index contributed by atoms with van der Waals surface area (Å²) in [5, 5.41) is 17.9. The summed E-state index contributed by atoms with van der Waals surface area (Å²) in [6.07, 6.45) is 0. The van der Waals surface area contributed by atoms with Gasteiger partial charge >= 0.3 is 11.9 Å². The highest BCUT2D eigenvalue weighted by Crippen LogP contribution is 2.25. The molecule has 1 aromatic rings. The van der Waals surface area contributed by atoms with E-state index in [9.17, 15) is 13.6 Å². The molecule has 0 saturated heterocycles. The van der Waals surface area contributed by atoms with E-state index in [2.05, 4.69) is 15.5 Å². The molecule has 6 nitrogen and oxygen atoms in total. The summed E-state index contributed by atoms with van der Waals surface area (Å²) < 4.78 is 26.2. The van der Waals surface area contributed by atoms with Gasteiger partial charge in [0.2, 0.25) is 5.82 Å². The van der Waals surface area contributed by atoms with Gasteiger partial charge in [0.1, 0.15) is 0 Å². The van der Waals surface area contributed by atoms with Gasteiger partial charge < -0.3 is 5.11 Å². The normalized spacial score (nSPS) is 14.0. The zero-order valence-corrected chi connectivity index (χ0v) is 7.48. The van der Waals surface area contributed by atoms with Gasteiger partial charge in [-0.1, -0.05) is 0 Å². The number of carboxylic acids is 1. The number of aliphatic carboxylic acids is 1. The molecule has 78 valence electrons. The van der Waals surface area contributed by atoms with E-state index >= 15 is 0 Å². The molecule has 1 aromatic heterocycles. The minimum absolute atomic E-state index is 0.586. The third kappa shape index (κ3) is 1.83. The summed E-state index contributed by atoms with van der Waals surface area (Å²) >= 11 is 0. The van der Waals surface area contributed by atoms with E-state index in [0.717, 1.165) is 0 Å². The van der Waals surface area contributed by atoms with Crippen LogP contribution in [-0.4, -0.2) is 31.3 Å². The highest BCUT2D eigenvalue weighted by molar-refractivity contribution is 5.71. The molecular formula is C6H8F2N4O2. The summed E-state index contributed by atoms with van der Waals surface area (Å²) in [6, 6.07) is -1.22. The highest BCUT2D eigenvalue weighted by Gasteiger charge is 2.34. The minimum atomic E-state index is -3.26. The second-order valence-electron chi connectivity index (χ2n) is 2.85. The molecule has 0 spiro atoms. The van der Waals surface area contributed by atoms with Crippen LogP contribution >= 0.6 is 0 Å². The summed E-state index contributed by atoms with van der Waals surface area (Å²) in [6.45, 7) is 1.82. The molecule has 14 heavy (non-hydrogen) atoms. The highest BCUT2D eigenvalue weighted by atomic mass is 19.3. The van der Waals surface area contributed by atoms with E-state index in [-0.39, 0.29) is 0 Å². The number of alkyl halides is 2. The van der Waals surface area contributed by atoms with Crippen molar-refractivity contribution in [3.05, 3.63) is 5.82 Å². The molecule has 0 amide bonds. The van der Waals surface area contributed by atoms with Crippen LogP contribution in [0.5, 0.6) is 0 Å². The fourth-order valence-electron chi connectivity index (χ4n) is 0.848. The number of rotatable bonds is 3. The van der Waals surface area contributed by atoms with E-state index in [1.165, 1.54) is 6.92 Å². The van der Waals surface area contributed by atoms with Gasteiger partial charge in [-0.05, 0) is 17.4 Å². The number of hydrogen-bond donors (Lipinski definition) is 1. The third-order valence-electron chi connectivity index (χ3n) is 1.61. The number of tetrazole rings is 1. The SMILES string of the molecule is CC(C(=O)O)n1nnnc1C(C)(F)F. The average Bonchev–Trinajstić information content (AvgIpc) is 2.48. The smallest absolute Gasteiger partial charge is 0.328 e. The predicted octanol–water partition coefficient (Wildman–Crippen LogP) is 0.430. The standard InChI is InChI=1S/C6H8F2N4O2/c1-3(4(13)14)12-5(6(2,7)8)9-10-11-12/h3H,1-2H3,(H,13,14). The summed E-state index contributed by atoms with van der Waals surface area (Å²) in [7, 11) is 0. The summed E-state index contributed by atoms with van der Waals surface area (Å²) in [5.74, 6) is -5.29. The average molecular weight is 206 g/mol.